The topological polar surface area (TPSA) is 26.0 Å². The van der Waals surface area contributed by atoms with Crippen LogP contribution in [0.5, 0.6) is 0 Å². The Hall–Kier alpha value is -0.890. The van der Waals surface area contributed by atoms with E-state index in [1.165, 1.54) is 31.4 Å². The van der Waals surface area contributed by atoms with Crippen molar-refractivity contribution in [3.8, 4) is 0 Å². The Morgan fingerprint density at radius 1 is 1.21 bits per heavy atom. The molecule has 2 atom stereocenters. The predicted molar refractivity (Wildman–Crippen MR) is 78.4 cm³/mol. The van der Waals surface area contributed by atoms with Gasteiger partial charge in [-0.3, -0.25) is 0 Å². The zero-order valence-corrected chi connectivity index (χ0v) is 12.4. The normalized spacial score (nSPS) is 28.4. The molecule has 0 amide bonds. The van der Waals surface area contributed by atoms with Crippen molar-refractivity contribution in [2.45, 2.75) is 58.4 Å². The Morgan fingerprint density at radius 2 is 1.84 bits per heavy atom. The lowest BCUT2D eigenvalue weighted by atomic mass is 9.61. The molecule has 0 radical (unpaired) electrons. The lowest BCUT2D eigenvalue weighted by molar-refractivity contribution is 0.0793. The van der Waals surface area contributed by atoms with Gasteiger partial charge in [-0.2, -0.15) is 0 Å². The zero-order valence-electron chi connectivity index (χ0n) is 12.4. The molecule has 2 rings (SSSR count). The average molecular weight is 263 g/mol. The van der Waals surface area contributed by atoms with Crippen LogP contribution in [-0.2, 0) is 6.42 Å². The van der Waals surface area contributed by atoms with Crippen molar-refractivity contribution in [3.05, 3.63) is 35.6 Å². The lowest BCUT2D eigenvalue weighted by Crippen LogP contribution is -2.55. The van der Waals surface area contributed by atoms with Gasteiger partial charge in [0.2, 0.25) is 0 Å². The van der Waals surface area contributed by atoms with E-state index in [2.05, 4.69) is 20.8 Å². The van der Waals surface area contributed by atoms with Gasteiger partial charge in [-0.15, -0.1) is 0 Å². The molecule has 1 aliphatic rings. The van der Waals surface area contributed by atoms with E-state index in [-0.39, 0.29) is 16.8 Å². The van der Waals surface area contributed by atoms with Crippen LogP contribution >= 0.6 is 0 Å². The standard InChI is InChI=1S/C17H26FN/c1-16(2,3)15-6-4-5-11-17(15,19)12-13-7-9-14(18)10-8-13/h7-10,15H,4-6,11-12,19H2,1-3H3. The molecule has 0 heterocycles. The average Bonchev–Trinajstić information content (AvgIpc) is 2.31. The van der Waals surface area contributed by atoms with Crippen molar-refractivity contribution < 1.29 is 4.39 Å². The second-order valence-electron chi connectivity index (χ2n) is 7.20. The highest BCUT2D eigenvalue weighted by Crippen LogP contribution is 2.44. The largest absolute Gasteiger partial charge is 0.325 e. The third-order valence-corrected chi connectivity index (χ3v) is 4.57. The van der Waals surface area contributed by atoms with E-state index >= 15 is 0 Å². The molecule has 0 aliphatic heterocycles. The minimum Gasteiger partial charge on any atom is -0.325 e. The van der Waals surface area contributed by atoms with Gasteiger partial charge in [0, 0.05) is 5.54 Å². The van der Waals surface area contributed by atoms with Crippen LogP contribution < -0.4 is 5.73 Å². The molecule has 1 fully saturated rings. The van der Waals surface area contributed by atoms with Crippen molar-refractivity contribution in [1.82, 2.24) is 0 Å². The number of nitrogens with two attached hydrogens (primary N) is 1. The minimum atomic E-state index is -0.175. The number of halogens is 1. The van der Waals surface area contributed by atoms with E-state index < -0.39 is 0 Å². The fourth-order valence-corrected chi connectivity index (χ4v) is 3.75. The van der Waals surface area contributed by atoms with E-state index in [1.54, 1.807) is 0 Å². The van der Waals surface area contributed by atoms with Crippen molar-refractivity contribution in [1.29, 1.82) is 0 Å². The first kappa shape index (κ1) is 14.5. The van der Waals surface area contributed by atoms with E-state index in [9.17, 15) is 4.39 Å². The predicted octanol–water partition coefficient (Wildman–Crippen LogP) is 4.30. The first-order valence-corrected chi connectivity index (χ1v) is 7.35. The highest BCUT2D eigenvalue weighted by Gasteiger charge is 2.43. The molecule has 2 N–H and O–H groups in total. The fourth-order valence-electron chi connectivity index (χ4n) is 3.75. The second kappa shape index (κ2) is 5.24. The Balaban J connectivity index is 2.21. The maximum atomic E-state index is 13.0. The number of rotatable bonds is 2. The van der Waals surface area contributed by atoms with E-state index in [0.717, 1.165) is 18.4 Å². The summed E-state index contributed by atoms with van der Waals surface area (Å²) in [6, 6.07) is 6.82. The van der Waals surface area contributed by atoms with Gasteiger partial charge in [-0.05, 0) is 48.3 Å². The molecule has 0 saturated heterocycles. The van der Waals surface area contributed by atoms with Gasteiger partial charge >= 0.3 is 0 Å². The molecular weight excluding hydrogens is 237 g/mol. The van der Waals surface area contributed by atoms with Crippen molar-refractivity contribution in [2.75, 3.05) is 0 Å². The summed E-state index contributed by atoms with van der Waals surface area (Å²) < 4.78 is 13.0. The molecule has 19 heavy (non-hydrogen) atoms. The van der Waals surface area contributed by atoms with Gasteiger partial charge in [0.05, 0.1) is 0 Å². The lowest BCUT2D eigenvalue weighted by Gasteiger charge is -2.48. The molecule has 0 bridgehead atoms. The second-order valence-corrected chi connectivity index (χ2v) is 7.20. The SMILES string of the molecule is CC(C)(C)C1CCCCC1(N)Cc1ccc(F)cc1. The van der Waals surface area contributed by atoms with E-state index in [1.807, 2.05) is 12.1 Å². The van der Waals surface area contributed by atoms with E-state index in [4.69, 9.17) is 5.73 Å². The number of hydrogen-bond donors (Lipinski definition) is 1. The molecule has 2 heteroatoms. The van der Waals surface area contributed by atoms with Gasteiger partial charge in [-0.25, -0.2) is 4.39 Å². The summed E-state index contributed by atoms with van der Waals surface area (Å²) in [6.07, 6.45) is 5.64. The fraction of sp³-hybridized carbons (Fsp3) is 0.647. The van der Waals surface area contributed by atoms with Crippen molar-refractivity contribution in [3.63, 3.8) is 0 Å². The summed E-state index contributed by atoms with van der Waals surface area (Å²) in [4.78, 5) is 0. The van der Waals surface area contributed by atoms with Gasteiger partial charge in [-0.1, -0.05) is 45.7 Å². The maximum Gasteiger partial charge on any atom is 0.123 e. The third-order valence-electron chi connectivity index (χ3n) is 4.57. The molecule has 0 aromatic heterocycles. The van der Waals surface area contributed by atoms with Crippen LogP contribution in [0.2, 0.25) is 0 Å². The Labute approximate surface area is 116 Å². The molecule has 2 unspecified atom stereocenters. The smallest absolute Gasteiger partial charge is 0.123 e. The summed E-state index contributed by atoms with van der Waals surface area (Å²) in [5.74, 6) is 0.352. The summed E-state index contributed by atoms with van der Waals surface area (Å²) in [7, 11) is 0. The van der Waals surface area contributed by atoms with Crippen LogP contribution in [0.25, 0.3) is 0 Å². The van der Waals surface area contributed by atoms with Gasteiger partial charge in [0.1, 0.15) is 5.82 Å². The summed E-state index contributed by atoms with van der Waals surface area (Å²) in [6.45, 7) is 6.86. The Bertz CT molecular complexity index is 418. The first-order chi connectivity index (χ1) is 8.81. The molecule has 1 nitrogen and oxygen atoms in total. The molecular formula is C17H26FN. The van der Waals surface area contributed by atoms with Gasteiger partial charge < -0.3 is 5.73 Å². The van der Waals surface area contributed by atoms with Crippen LogP contribution in [0.3, 0.4) is 0 Å². The summed E-state index contributed by atoms with van der Waals surface area (Å²) in [5.41, 5.74) is 8.01. The molecule has 106 valence electrons. The van der Waals surface area contributed by atoms with Crippen LogP contribution in [0, 0.1) is 17.2 Å². The summed E-state index contributed by atoms with van der Waals surface area (Å²) >= 11 is 0. The Morgan fingerprint density at radius 3 is 2.42 bits per heavy atom. The van der Waals surface area contributed by atoms with E-state index in [0.29, 0.717) is 5.92 Å². The quantitative estimate of drug-likeness (QED) is 0.845. The zero-order chi connectivity index (χ0) is 14.1. The van der Waals surface area contributed by atoms with Crippen LogP contribution in [0.1, 0.15) is 52.0 Å². The maximum absolute atomic E-state index is 13.0. The van der Waals surface area contributed by atoms with Gasteiger partial charge in [0.15, 0.2) is 0 Å². The monoisotopic (exact) mass is 263 g/mol. The number of benzene rings is 1. The molecule has 1 saturated carbocycles. The van der Waals surface area contributed by atoms with Gasteiger partial charge in [0.25, 0.3) is 0 Å². The number of hydrogen-bond acceptors (Lipinski definition) is 1. The van der Waals surface area contributed by atoms with Crippen molar-refractivity contribution >= 4 is 0 Å². The first-order valence-electron chi connectivity index (χ1n) is 7.35. The van der Waals surface area contributed by atoms with Crippen molar-refractivity contribution in [2.24, 2.45) is 17.1 Å². The van der Waals surface area contributed by atoms with Crippen LogP contribution in [0.15, 0.2) is 24.3 Å². The highest BCUT2D eigenvalue weighted by atomic mass is 19.1. The van der Waals surface area contributed by atoms with Crippen LogP contribution in [0.4, 0.5) is 4.39 Å². The molecule has 1 aliphatic carbocycles. The Kier molecular flexibility index (Phi) is 4.00. The summed E-state index contributed by atoms with van der Waals surface area (Å²) in [5, 5.41) is 0. The minimum absolute atomic E-state index is 0.145. The highest BCUT2D eigenvalue weighted by molar-refractivity contribution is 5.20. The third kappa shape index (κ3) is 3.36. The molecule has 1 aromatic rings. The van der Waals surface area contributed by atoms with Crippen LogP contribution in [-0.4, -0.2) is 5.54 Å². The molecule has 1 aromatic carbocycles. The molecule has 0 spiro atoms.